The van der Waals surface area contributed by atoms with Gasteiger partial charge < -0.3 is 10.2 Å². The van der Waals surface area contributed by atoms with Gasteiger partial charge in [-0.2, -0.15) is 0 Å². The molecule has 1 heterocycles. The molecule has 0 saturated carbocycles. The van der Waals surface area contributed by atoms with Gasteiger partial charge in [0, 0.05) is 4.88 Å². The molecule has 80 valence electrons. The molecule has 0 bridgehead atoms. The maximum absolute atomic E-state index is 9.64. The Morgan fingerprint density at radius 1 is 1.36 bits per heavy atom. The van der Waals surface area contributed by atoms with E-state index in [9.17, 15) is 10.2 Å². The van der Waals surface area contributed by atoms with Crippen molar-refractivity contribution in [2.45, 2.75) is 44.8 Å². The van der Waals surface area contributed by atoms with E-state index in [2.05, 4.69) is 13.0 Å². The van der Waals surface area contributed by atoms with Crippen molar-refractivity contribution in [2.24, 2.45) is 0 Å². The standard InChI is InChI=1S/C11H18O2S/c1-3-9(12)10(13)7-8(2)11-5-4-6-14-11/h4-6,8-10,12-13H,3,7H2,1-2H3. The number of hydrogen-bond acceptors (Lipinski definition) is 3. The van der Waals surface area contributed by atoms with Crippen molar-refractivity contribution < 1.29 is 10.2 Å². The Hall–Kier alpha value is -0.380. The molecule has 0 aliphatic heterocycles. The molecule has 0 aliphatic rings. The predicted octanol–water partition coefficient (Wildman–Crippen LogP) is 2.37. The Balaban J connectivity index is 2.44. The van der Waals surface area contributed by atoms with Gasteiger partial charge in [0.25, 0.3) is 0 Å². The monoisotopic (exact) mass is 214 g/mol. The van der Waals surface area contributed by atoms with Crippen LogP contribution in [0.4, 0.5) is 0 Å². The summed E-state index contributed by atoms with van der Waals surface area (Å²) in [4.78, 5) is 1.27. The summed E-state index contributed by atoms with van der Waals surface area (Å²) in [6.45, 7) is 3.96. The molecule has 2 N–H and O–H groups in total. The van der Waals surface area contributed by atoms with Crippen molar-refractivity contribution in [3.63, 3.8) is 0 Å². The summed E-state index contributed by atoms with van der Waals surface area (Å²) in [7, 11) is 0. The van der Waals surface area contributed by atoms with Crippen LogP contribution in [-0.2, 0) is 0 Å². The zero-order valence-electron chi connectivity index (χ0n) is 8.68. The minimum absolute atomic E-state index is 0.325. The summed E-state index contributed by atoms with van der Waals surface area (Å²) in [5.74, 6) is 0.325. The molecular formula is C11H18O2S. The SMILES string of the molecule is CCC(O)C(O)CC(C)c1cccs1. The van der Waals surface area contributed by atoms with Crippen LogP contribution in [0.5, 0.6) is 0 Å². The average Bonchev–Trinajstić information content (AvgIpc) is 2.69. The van der Waals surface area contributed by atoms with Crippen LogP contribution in [0.25, 0.3) is 0 Å². The minimum atomic E-state index is -0.600. The highest BCUT2D eigenvalue weighted by Gasteiger charge is 2.18. The number of aliphatic hydroxyl groups excluding tert-OH is 2. The summed E-state index contributed by atoms with van der Waals surface area (Å²) in [5, 5.41) is 21.1. The van der Waals surface area contributed by atoms with Crippen LogP contribution in [0.3, 0.4) is 0 Å². The van der Waals surface area contributed by atoms with Gasteiger partial charge in [-0.1, -0.05) is 19.9 Å². The number of thiophene rings is 1. The van der Waals surface area contributed by atoms with Gasteiger partial charge in [-0.3, -0.25) is 0 Å². The summed E-state index contributed by atoms with van der Waals surface area (Å²) in [6.07, 6.45) is 0.0583. The first kappa shape index (κ1) is 11.7. The largest absolute Gasteiger partial charge is 0.390 e. The second kappa shape index (κ2) is 5.49. The van der Waals surface area contributed by atoms with Crippen LogP contribution in [0.15, 0.2) is 17.5 Å². The first-order valence-corrected chi connectivity index (χ1v) is 5.92. The maximum atomic E-state index is 9.64. The summed E-state index contributed by atoms with van der Waals surface area (Å²) in [5.41, 5.74) is 0. The zero-order chi connectivity index (χ0) is 10.6. The van der Waals surface area contributed by atoms with Gasteiger partial charge in [-0.05, 0) is 30.2 Å². The third-order valence-electron chi connectivity index (χ3n) is 2.49. The Morgan fingerprint density at radius 3 is 2.57 bits per heavy atom. The van der Waals surface area contributed by atoms with E-state index in [4.69, 9.17) is 0 Å². The highest BCUT2D eigenvalue weighted by molar-refractivity contribution is 7.10. The van der Waals surface area contributed by atoms with E-state index >= 15 is 0 Å². The van der Waals surface area contributed by atoms with Crippen LogP contribution in [0.2, 0.25) is 0 Å². The van der Waals surface area contributed by atoms with Crippen LogP contribution in [-0.4, -0.2) is 22.4 Å². The van der Waals surface area contributed by atoms with Gasteiger partial charge in [0.1, 0.15) is 0 Å². The van der Waals surface area contributed by atoms with E-state index in [1.54, 1.807) is 11.3 Å². The van der Waals surface area contributed by atoms with E-state index in [1.807, 2.05) is 18.4 Å². The van der Waals surface area contributed by atoms with E-state index in [0.29, 0.717) is 18.8 Å². The number of hydrogen-bond donors (Lipinski definition) is 2. The van der Waals surface area contributed by atoms with Gasteiger partial charge >= 0.3 is 0 Å². The molecule has 2 nitrogen and oxygen atoms in total. The van der Waals surface area contributed by atoms with Crippen molar-refractivity contribution in [2.75, 3.05) is 0 Å². The first-order valence-electron chi connectivity index (χ1n) is 5.04. The molecule has 3 unspecified atom stereocenters. The normalized spacial score (nSPS) is 17.7. The van der Waals surface area contributed by atoms with Gasteiger partial charge in [0.05, 0.1) is 12.2 Å². The Labute approximate surface area is 89.2 Å². The zero-order valence-corrected chi connectivity index (χ0v) is 9.50. The topological polar surface area (TPSA) is 40.5 Å². The van der Waals surface area contributed by atoms with Crippen molar-refractivity contribution in [1.82, 2.24) is 0 Å². The minimum Gasteiger partial charge on any atom is -0.390 e. The molecule has 1 rings (SSSR count). The third-order valence-corrected chi connectivity index (χ3v) is 3.59. The smallest absolute Gasteiger partial charge is 0.0805 e. The molecule has 0 spiro atoms. The van der Waals surface area contributed by atoms with Crippen LogP contribution >= 0.6 is 11.3 Å². The predicted molar refractivity (Wildman–Crippen MR) is 59.7 cm³/mol. The molecule has 3 atom stereocenters. The van der Waals surface area contributed by atoms with E-state index in [0.717, 1.165) is 0 Å². The summed E-state index contributed by atoms with van der Waals surface area (Å²) in [6, 6.07) is 4.08. The second-order valence-electron chi connectivity index (χ2n) is 3.70. The lowest BCUT2D eigenvalue weighted by Crippen LogP contribution is -2.26. The molecule has 3 heteroatoms. The van der Waals surface area contributed by atoms with Crippen LogP contribution < -0.4 is 0 Å². The van der Waals surface area contributed by atoms with Gasteiger partial charge in [-0.25, -0.2) is 0 Å². The molecule has 0 aromatic carbocycles. The molecule has 0 amide bonds. The molecule has 0 fully saturated rings. The lowest BCUT2D eigenvalue weighted by molar-refractivity contribution is 0.00970. The quantitative estimate of drug-likeness (QED) is 0.790. The fraction of sp³-hybridized carbons (Fsp3) is 0.636. The van der Waals surface area contributed by atoms with Crippen molar-refractivity contribution >= 4 is 11.3 Å². The van der Waals surface area contributed by atoms with Gasteiger partial charge in [-0.15, -0.1) is 11.3 Å². The van der Waals surface area contributed by atoms with Crippen molar-refractivity contribution in [3.8, 4) is 0 Å². The first-order chi connectivity index (χ1) is 6.65. The molecule has 14 heavy (non-hydrogen) atoms. The van der Waals surface area contributed by atoms with E-state index in [1.165, 1.54) is 4.88 Å². The van der Waals surface area contributed by atoms with Crippen molar-refractivity contribution in [3.05, 3.63) is 22.4 Å². The fourth-order valence-corrected chi connectivity index (χ4v) is 2.28. The number of aliphatic hydroxyl groups is 2. The molecule has 0 radical (unpaired) electrons. The van der Waals surface area contributed by atoms with Crippen molar-refractivity contribution in [1.29, 1.82) is 0 Å². The van der Waals surface area contributed by atoms with E-state index < -0.39 is 12.2 Å². The van der Waals surface area contributed by atoms with E-state index in [-0.39, 0.29) is 0 Å². The Bertz CT molecular complexity index is 246. The Morgan fingerprint density at radius 2 is 2.07 bits per heavy atom. The lowest BCUT2D eigenvalue weighted by Gasteiger charge is -2.19. The van der Waals surface area contributed by atoms with Gasteiger partial charge in [0.15, 0.2) is 0 Å². The molecule has 1 aromatic rings. The Kier molecular flexibility index (Phi) is 4.58. The van der Waals surface area contributed by atoms with Crippen LogP contribution in [0, 0.1) is 0 Å². The molecule has 0 aliphatic carbocycles. The van der Waals surface area contributed by atoms with Gasteiger partial charge in [0.2, 0.25) is 0 Å². The highest BCUT2D eigenvalue weighted by Crippen LogP contribution is 2.25. The van der Waals surface area contributed by atoms with Crippen LogP contribution in [0.1, 0.15) is 37.5 Å². The third kappa shape index (κ3) is 3.08. The molecule has 0 saturated heterocycles. The fourth-order valence-electron chi connectivity index (χ4n) is 1.48. The molecule has 1 aromatic heterocycles. The maximum Gasteiger partial charge on any atom is 0.0805 e. The molecular weight excluding hydrogens is 196 g/mol. The highest BCUT2D eigenvalue weighted by atomic mass is 32.1. The average molecular weight is 214 g/mol. The number of rotatable bonds is 5. The summed E-state index contributed by atoms with van der Waals surface area (Å²) >= 11 is 1.70. The summed E-state index contributed by atoms with van der Waals surface area (Å²) < 4.78 is 0. The lowest BCUT2D eigenvalue weighted by atomic mass is 9.98. The second-order valence-corrected chi connectivity index (χ2v) is 4.67.